The molecular weight excluding hydrogens is 198 g/mol. The van der Waals surface area contributed by atoms with Gasteiger partial charge in [-0.25, -0.2) is 9.59 Å². The SMILES string of the molecule is C=C(C(=O)ONC(=O)OCC)C(C)(C)C. The van der Waals surface area contributed by atoms with Gasteiger partial charge >= 0.3 is 12.1 Å². The minimum absolute atomic E-state index is 0.212. The lowest BCUT2D eigenvalue weighted by Crippen LogP contribution is -2.30. The first-order chi connectivity index (χ1) is 6.79. The van der Waals surface area contributed by atoms with Crippen molar-refractivity contribution in [1.29, 1.82) is 0 Å². The van der Waals surface area contributed by atoms with E-state index in [4.69, 9.17) is 0 Å². The van der Waals surface area contributed by atoms with Crippen molar-refractivity contribution < 1.29 is 19.2 Å². The molecule has 0 aliphatic carbocycles. The van der Waals surface area contributed by atoms with Crippen molar-refractivity contribution in [3.05, 3.63) is 12.2 Å². The Labute approximate surface area is 89.4 Å². The topological polar surface area (TPSA) is 64.6 Å². The van der Waals surface area contributed by atoms with E-state index in [1.165, 1.54) is 0 Å². The number of carbonyl (C=O) groups excluding carboxylic acids is 2. The van der Waals surface area contributed by atoms with Crippen molar-refractivity contribution in [2.45, 2.75) is 27.7 Å². The maximum atomic E-state index is 11.3. The summed E-state index contributed by atoms with van der Waals surface area (Å²) in [6.45, 7) is 10.9. The van der Waals surface area contributed by atoms with Crippen molar-refractivity contribution in [2.24, 2.45) is 5.41 Å². The summed E-state index contributed by atoms with van der Waals surface area (Å²) >= 11 is 0. The minimum Gasteiger partial charge on any atom is -0.448 e. The highest BCUT2D eigenvalue weighted by molar-refractivity contribution is 5.89. The number of ether oxygens (including phenoxy) is 1. The van der Waals surface area contributed by atoms with Gasteiger partial charge in [-0.15, -0.1) is 5.48 Å². The fourth-order valence-electron chi connectivity index (χ4n) is 0.616. The van der Waals surface area contributed by atoms with E-state index >= 15 is 0 Å². The molecule has 86 valence electrons. The van der Waals surface area contributed by atoms with Crippen LogP contribution in [-0.4, -0.2) is 18.7 Å². The number of nitrogens with one attached hydrogen (secondary N) is 1. The second kappa shape index (κ2) is 5.38. The smallest absolute Gasteiger partial charge is 0.440 e. The standard InChI is InChI=1S/C10H17NO4/c1-6-14-9(13)11-15-8(12)7(2)10(3,4)5/h2,6H2,1,3-5H3,(H,11,13). The van der Waals surface area contributed by atoms with E-state index in [1.807, 2.05) is 26.3 Å². The molecule has 0 saturated carbocycles. The van der Waals surface area contributed by atoms with Crippen LogP contribution in [0.2, 0.25) is 0 Å². The van der Waals surface area contributed by atoms with E-state index in [0.29, 0.717) is 0 Å². The largest absolute Gasteiger partial charge is 0.448 e. The summed E-state index contributed by atoms with van der Waals surface area (Å²) in [5.41, 5.74) is 1.75. The van der Waals surface area contributed by atoms with Crippen LogP contribution in [-0.2, 0) is 14.4 Å². The lowest BCUT2D eigenvalue weighted by atomic mass is 9.88. The van der Waals surface area contributed by atoms with Crippen molar-refractivity contribution >= 4 is 12.1 Å². The van der Waals surface area contributed by atoms with Gasteiger partial charge in [-0.05, 0) is 12.3 Å². The van der Waals surface area contributed by atoms with Gasteiger partial charge in [0, 0.05) is 5.57 Å². The molecule has 0 aromatic rings. The van der Waals surface area contributed by atoms with E-state index in [2.05, 4.69) is 16.2 Å². The number of rotatable bonds is 2. The molecule has 0 radical (unpaired) electrons. The predicted octanol–water partition coefficient (Wildman–Crippen LogP) is 1.79. The average molecular weight is 215 g/mol. The van der Waals surface area contributed by atoms with E-state index in [1.54, 1.807) is 6.92 Å². The molecule has 0 heterocycles. The van der Waals surface area contributed by atoms with Gasteiger partial charge in [-0.2, -0.15) is 0 Å². The lowest BCUT2D eigenvalue weighted by Gasteiger charge is -2.19. The van der Waals surface area contributed by atoms with Gasteiger partial charge in [-0.1, -0.05) is 27.4 Å². The summed E-state index contributed by atoms with van der Waals surface area (Å²) in [6, 6.07) is 0. The molecule has 5 nitrogen and oxygen atoms in total. The van der Waals surface area contributed by atoms with Crippen LogP contribution in [0.4, 0.5) is 4.79 Å². The number of hydrogen-bond donors (Lipinski definition) is 1. The van der Waals surface area contributed by atoms with Gasteiger partial charge in [0.05, 0.1) is 6.61 Å². The Morgan fingerprint density at radius 2 is 1.87 bits per heavy atom. The molecule has 0 bridgehead atoms. The molecule has 0 fully saturated rings. The Hall–Kier alpha value is -1.52. The van der Waals surface area contributed by atoms with E-state index in [-0.39, 0.29) is 12.2 Å². The quantitative estimate of drug-likeness (QED) is 0.563. The fourth-order valence-corrected chi connectivity index (χ4v) is 0.616. The number of hydrogen-bond acceptors (Lipinski definition) is 4. The Kier molecular flexibility index (Phi) is 4.84. The van der Waals surface area contributed by atoms with Crippen LogP contribution in [0.3, 0.4) is 0 Å². The molecule has 0 saturated heterocycles. The van der Waals surface area contributed by atoms with Gasteiger partial charge in [0.2, 0.25) is 0 Å². The molecule has 1 N–H and O–H groups in total. The normalized spacial score (nSPS) is 10.4. The molecule has 1 amide bonds. The zero-order valence-electron chi connectivity index (χ0n) is 9.55. The third-order valence-electron chi connectivity index (χ3n) is 1.65. The molecule has 0 aromatic carbocycles. The molecule has 0 aliphatic heterocycles. The molecule has 0 aromatic heterocycles. The molecule has 0 atom stereocenters. The summed E-state index contributed by atoms with van der Waals surface area (Å²) in [4.78, 5) is 26.6. The van der Waals surface area contributed by atoms with Crippen LogP contribution >= 0.6 is 0 Å². The van der Waals surface area contributed by atoms with Crippen LogP contribution in [0.25, 0.3) is 0 Å². The monoisotopic (exact) mass is 215 g/mol. The summed E-state index contributed by atoms with van der Waals surface area (Å²) in [5, 5.41) is 0. The number of carbonyl (C=O) groups is 2. The van der Waals surface area contributed by atoms with Crippen molar-refractivity contribution in [1.82, 2.24) is 5.48 Å². The zero-order valence-corrected chi connectivity index (χ0v) is 9.55. The van der Waals surface area contributed by atoms with Gasteiger partial charge in [0.1, 0.15) is 0 Å². The van der Waals surface area contributed by atoms with E-state index < -0.39 is 17.5 Å². The first-order valence-electron chi connectivity index (χ1n) is 4.62. The summed E-state index contributed by atoms with van der Waals surface area (Å²) < 4.78 is 4.50. The van der Waals surface area contributed by atoms with Crippen molar-refractivity contribution in [3.8, 4) is 0 Å². The molecule has 0 rings (SSSR count). The van der Waals surface area contributed by atoms with Crippen LogP contribution in [0.5, 0.6) is 0 Å². The Morgan fingerprint density at radius 3 is 2.27 bits per heavy atom. The van der Waals surface area contributed by atoms with E-state index in [9.17, 15) is 9.59 Å². The second-order valence-corrected chi connectivity index (χ2v) is 3.94. The van der Waals surface area contributed by atoms with Crippen molar-refractivity contribution in [3.63, 3.8) is 0 Å². The highest BCUT2D eigenvalue weighted by Crippen LogP contribution is 2.23. The maximum Gasteiger partial charge on any atom is 0.440 e. The number of amides is 1. The van der Waals surface area contributed by atoms with Gasteiger partial charge < -0.3 is 9.57 Å². The predicted molar refractivity (Wildman–Crippen MR) is 54.8 cm³/mol. The van der Waals surface area contributed by atoms with Crippen molar-refractivity contribution in [2.75, 3.05) is 6.61 Å². The molecule has 15 heavy (non-hydrogen) atoms. The Morgan fingerprint density at radius 1 is 1.33 bits per heavy atom. The highest BCUT2D eigenvalue weighted by Gasteiger charge is 2.23. The van der Waals surface area contributed by atoms with Crippen LogP contribution in [0, 0.1) is 5.41 Å². The third-order valence-corrected chi connectivity index (χ3v) is 1.65. The zero-order chi connectivity index (χ0) is 12.1. The Balaban J connectivity index is 4.06. The first-order valence-corrected chi connectivity index (χ1v) is 4.62. The molecule has 0 spiro atoms. The molecule has 5 heteroatoms. The van der Waals surface area contributed by atoms with Gasteiger partial charge in [-0.3, -0.25) is 0 Å². The van der Waals surface area contributed by atoms with Crippen LogP contribution in [0.15, 0.2) is 12.2 Å². The summed E-state index contributed by atoms with van der Waals surface area (Å²) in [7, 11) is 0. The van der Waals surface area contributed by atoms with E-state index in [0.717, 1.165) is 0 Å². The maximum absolute atomic E-state index is 11.3. The van der Waals surface area contributed by atoms with Crippen LogP contribution in [0.1, 0.15) is 27.7 Å². The minimum atomic E-state index is -0.799. The second-order valence-electron chi connectivity index (χ2n) is 3.94. The highest BCUT2D eigenvalue weighted by atomic mass is 16.7. The Bertz CT molecular complexity index is 265. The van der Waals surface area contributed by atoms with Crippen LogP contribution < -0.4 is 5.48 Å². The van der Waals surface area contributed by atoms with Gasteiger partial charge in [0.15, 0.2) is 0 Å². The first kappa shape index (κ1) is 13.5. The number of hydroxylamine groups is 1. The summed E-state index contributed by atoms with van der Waals surface area (Å²) in [6.07, 6.45) is -0.799. The molecular formula is C10H17NO4. The lowest BCUT2D eigenvalue weighted by molar-refractivity contribution is -0.146. The average Bonchev–Trinajstić information content (AvgIpc) is 2.12. The molecule has 0 aliphatic rings. The van der Waals surface area contributed by atoms with Gasteiger partial charge in [0.25, 0.3) is 0 Å². The third kappa shape index (κ3) is 5.05. The fraction of sp³-hybridized carbons (Fsp3) is 0.600. The molecule has 0 unspecified atom stereocenters. The summed E-state index contributed by atoms with van der Waals surface area (Å²) in [5.74, 6) is -0.671.